The van der Waals surface area contributed by atoms with Crippen molar-refractivity contribution in [3.8, 4) is 0 Å². The van der Waals surface area contributed by atoms with Crippen molar-refractivity contribution in [1.82, 2.24) is 0 Å². The summed E-state index contributed by atoms with van der Waals surface area (Å²) >= 11 is 1.70. The van der Waals surface area contributed by atoms with E-state index in [0.717, 1.165) is 17.1 Å². The molecule has 4 heteroatoms. The highest BCUT2D eigenvalue weighted by Crippen LogP contribution is 2.24. The molecule has 0 aromatic heterocycles. The molecule has 2 rings (SSSR count). The molecule has 0 saturated carbocycles. The van der Waals surface area contributed by atoms with Gasteiger partial charge in [-0.15, -0.1) is 11.8 Å². The van der Waals surface area contributed by atoms with Gasteiger partial charge in [-0.05, 0) is 30.2 Å². The van der Waals surface area contributed by atoms with E-state index in [1.165, 1.54) is 12.7 Å². The zero-order chi connectivity index (χ0) is 14.4. The minimum absolute atomic E-state index is 0.395. The summed E-state index contributed by atoms with van der Waals surface area (Å²) in [5.74, 6) is 0.558. The monoisotopic (exact) mass is 287 g/mol. The van der Waals surface area contributed by atoms with Crippen LogP contribution in [0.2, 0.25) is 0 Å². The molecule has 2 N–H and O–H groups in total. The van der Waals surface area contributed by atoms with Gasteiger partial charge in [0, 0.05) is 16.3 Å². The lowest BCUT2D eigenvalue weighted by molar-refractivity contribution is 0.0601. The minimum atomic E-state index is -0.395. The van der Waals surface area contributed by atoms with Crippen molar-refractivity contribution in [2.75, 3.05) is 18.6 Å². The molecule has 2 aromatic rings. The lowest BCUT2D eigenvalue weighted by atomic mass is 10.2. The zero-order valence-electron chi connectivity index (χ0n) is 11.3. The van der Waals surface area contributed by atoms with Gasteiger partial charge in [0.2, 0.25) is 0 Å². The van der Waals surface area contributed by atoms with E-state index >= 15 is 0 Å². The summed E-state index contributed by atoms with van der Waals surface area (Å²) in [6, 6.07) is 15.8. The van der Waals surface area contributed by atoms with Gasteiger partial charge in [-0.25, -0.2) is 4.79 Å². The quantitative estimate of drug-likeness (QED) is 0.520. The largest absolute Gasteiger partial charge is 0.465 e. The Balaban J connectivity index is 1.98. The second-order valence-corrected chi connectivity index (χ2v) is 5.49. The molecule has 0 heterocycles. The van der Waals surface area contributed by atoms with E-state index < -0.39 is 5.97 Å². The Kier molecular flexibility index (Phi) is 5.07. The molecule has 2 aromatic carbocycles. The summed E-state index contributed by atoms with van der Waals surface area (Å²) in [7, 11) is 1.36. The Morgan fingerprint density at radius 1 is 1.20 bits per heavy atom. The third kappa shape index (κ3) is 3.78. The Hall–Kier alpha value is -1.94. The zero-order valence-corrected chi connectivity index (χ0v) is 12.2. The van der Waals surface area contributed by atoms with E-state index in [1.807, 2.05) is 24.3 Å². The number of esters is 1. The second-order valence-electron chi connectivity index (χ2n) is 4.32. The molecule has 0 radical (unpaired) electrons. The van der Waals surface area contributed by atoms with E-state index in [0.29, 0.717) is 11.3 Å². The lowest BCUT2D eigenvalue weighted by Crippen LogP contribution is -2.05. The van der Waals surface area contributed by atoms with Crippen molar-refractivity contribution < 1.29 is 9.53 Å². The number of nitrogen functional groups attached to an aromatic ring is 1. The van der Waals surface area contributed by atoms with Crippen LogP contribution < -0.4 is 5.73 Å². The average Bonchev–Trinajstić information content (AvgIpc) is 2.49. The van der Waals surface area contributed by atoms with Crippen LogP contribution in [0.5, 0.6) is 0 Å². The Morgan fingerprint density at radius 3 is 2.65 bits per heavy atom. The molecule has 0 atom stereocenters. The SMILES string of the molecule is COC(=O)c1cc(SCCc2ccccc2)ccc1N. The molecule has 0 saturated heterocycles. The van der Waals surface area contributed by atoms with Crippen LogP contribution in [0.25, 0.3) is 0 Å². The third-order valence-corrected chi connectivity index (χ3v) is 3.93. The number of benzene rings is 2. The average molecular weight is 287 g/mol. The van der Waals surface area contributed by atoms with Crippen LogP contribution in [0.4, 0.5) is 5.69 Å². The number of hydrogen-bond acceptors (Lipinski definition) is 4. The minimum Gasteiger partial charge on any atom is -0.465 e. The lowest BCUT2D eigenvalue weighted by Gasteiger charge is -2.07. The van der Waals surface area contributed by atoms with Gasteiger partial charge >= 0.3 is 5.97 Å². The van der Waals surface area contributed by atoms with Crippen molar-refractivity contribution in [2.45, 2.75) is 11.3 Å². The molecule has 3 nitrogen and oxygen atoms in total. The van der Waals surface area contributed by atoms with Gasteiger partial charge in [-0.2, -0.15) is 0 Å². The molecule has 0 aliphatic carbocycles. The molecule has 20 heavy (non-hydrogen) atoms. The fourth-order valence-electron chi connectivity index (χ4n) is 1.84. The van der Waals surface area contributed by atoms with Crippen molar-refractivity contribution in [1.29, 1.82) is 0 Å². The molecule has 0 bridgehead atoms. The number of methoxy groups -OCH3 is 1. The summed E-state index contributed by atoms with van der Waals surface area (Å²) in [5.41, 5.74) is 7.96. The maximum Gasteiger partial charge on any atom is 0.339 e. The van der Waals surface area contributed by atoms with Crippen LogP contribution in [0.1, 0.15) is 15.9 Å². The van der Waals surface area contributed by atoms with Crippen molar-refractivity contribution in [2.24, 2.45) is 0 Å². The van der Waals surface area contributed by atoms with Crippen LogP contribution in [-0.4, -0.2) is 18.8 Å². The first-order valence-electron chi connectivity index (χ1n) is 6.35. The van der Waals surface area contributed by atoms with Gasteiger partial charge in [0.25, 0.3) is 0 Å². The number of carbonyl (C=O) groups is 1. The molecule has 0 unspecified atom stereocenters. The van der Waals surface area contributed by atoms with Crippen LogP contribution in [-0.2, 0) is 11.2 Å². The predicted molar refractivity (Wildman–Crippen MR) is 83.1 cm³/mol. The number of hydrogen-bond donors (Lipinski definition) is 1. The number of nitrogens with two attached hydrogens (primary N) is 1. The van der Waals surface area contributed by atoms with E-state index in [4.69, 9.17) is 10.5 Å². The fraction of sp³-hybridized carbons (Fsp3) is 0.188. The summed E-state index contributed by atoms with van der Waals surface area (Å²) in [6.45, 7) is 0. The highest BCUT2D eigenvalue weighted by molar-refractivity contribution is 7.99. The summed E-state index contributed by atoms with van der Waals surface area (Å²) < 4.78 is 4.72. The van der Waals surface area contributed by atoms with E-state index in [9.17, 15) is 4.79 Å². The van der Waals surface area contributed by atoms with Crippen molar-refractivity contribution in [3.05, 3.63) is 59.7 Å². The Bertz CT molecular complexity index is 584. The fourth-order valence-corrected chi connectivity index (χ4v) is 2.78. The van der Waals surface area contributed by atoms with Crippen LogP contribution in [0, 0.1) is 0 Å². The third-order valence-electron chi connectivity index (χ3n) is 2.93. The summed E-state index contributed by atoms with van der Waals surface area (Å²) in [4.78, 5) is 12.6. The number of thioether (sulfide) groups is 1. The first-order chi connectivity index (χ1) is 9.70. The van der Waals surface area contributed by atoms with E-state index in [-0.39, 0.29) is 0 Å². The van der Waals surface area contributed by atoms with E-state index in [2.05, 4.69) is 12.1 Å². The van der Waals surface area contributed by atoms with Crippen LogP contribution in [0.15, 0.2) is 53.4 Å². The molecule has 0 spiro atoms. The summed E-state index contributed by atoms with van der Waals surface area (Å²) in [5, 5.41) is 0. The number of carbonyl (C=O) groups excluding carboxylic acids is 1. The molecular formula is C16H17NO2S. The normalized spacial score (nSPS) is 10.2. The maximum atomic E-state index is 11.6. The van der Waals surface area contributed by atoms with Crippen molar-refractivity contribution in [3.63, 3.8) is 0 Å². The first kappa shape index (κ1) is 14.5. The highest BCUT2D eigenvalue weighted by Gasteiger charge is 2.10. The van der Waals surface area contributed by atoms with Gasteiger partial charge < -0.3 is 10.5 Å². The Labute approximate surface area is 123 Å². The summed E-state index contributed by atoms with van der Waals surface area (Å²) in [6.07, 6.45) is 0.990. The standard InChI is InChI=1S/C16H17NO2S/c1-19-16(18)14-11-13(7-8-15(14)17)20-10-9-12-5-3-2-4-6-12/h2-8,11H,9-10,17H2,1H3. The molecule has 0 aliphatic heterocycles. The molecule has 104 valence electrons. The molecule has 0 fully saturated rings. The first-order valence-corrected chi connectivity index (χ1v) is 7.34. The highest BCUT2D eigenvalue weighted by atomic mass is 32.2. The number of rotatable bonds is 5. The van der Waals surface area contributed by atoms with Gasteiger partial charge in [0.05, 0.1) is 12.7 Å². The Morgan fingerprint density at radius 2 is 1.95 bits per heavy atom. The number of anilines is 1. The number of ether oxygens (including phenoxy) is 1. The topological polar surface area (TPSA) is 52.3 Å². The smallest absolute Gasteiger partial charge is 0.339 e. The maximum absolute atomic E-state index is 11.6. The van der Waals surface area contributed by atoms with Crippen LogP contribution in [0.3, 0.4) is 0 Å². The van der Waals surface area contributed by atoms with Gasteiger partial charge in [0.15, 0.2) is 0 Å². The van der Waals surface area contributed by atoms with E-state index in [1.54, 1.807) is 23.9 Å². The molecule has 0 aliphatic rings. The van der Waals surface area contributed by atoms with Gasteiger partial charge in [-0.1, -0.05) is 30.3 Å². The predicted octanol–water partition coefficient (Wildman–Crippen LogP) is 3.39. The molecule has 0 amide bonds. The van der Waals surface area contributed by atoms with Gasteiger partial charge in [-0.3, -0.25) is 0 Å². The number of aryl methyl sites for hydroxylation is 1. The van der Waals surface area contributed by atoms with Crippen LogP contribution >= 0.6 is 11.8 Å². The van der Waals surface area contributed by atoms with Crippen molar-refractivity contribution >= 4 is 23.4 Å². The van der Waals surface area contributed by atoms with Gasteiger partial charge in [0.1, 0.15) is 0 Å². The second kappa shape index (κ2) is 7.01. The molecular weight excluding hydrogens is 270 g/mol.